The summed E-state index contributed by atoms with van der Waals surface area (Å²) in [5.74, 6) is -0.762. The first-order chi connectivity index (χ1) is 14.3. The monoisotopic (exact) mass is 455 g/mol. The molecule has 0 saturated heterocycles. The number of rotatable bonds is 5. The Balaban J connectivity index is 1.39. The van der Waals surface area contributed by atoms with E-state index >= 15 is 0 Å². The van der Waals surface area contributed by atoms with Crippen LogP contribution in [0.15, 0.2) is 34.2 Å². The summed E-state index contributed by atoms with van der Waals surface area (Å²) in [6.45, 7) is 0. The molecule has 2 N–H and O–H groups in total. The summed E-state index contributed by atoms with van der Waals surface area (Å²) in [7, 11) is 0. The molecule has 4 rings (SSSR count). The number of aryl methyl sites for hydroxylation is 2. The molecule has 0 spiro atoms. The molecule has 1 aromatic carbocycles. The van der Waals surface area contributed by atoms with Gasteiger partial charge in [0.15, 0.2) is 5.16 Å². The number of aromatic nitrogens is 2. The van der Waals surface area contributed by atoms with Gasteiger partial charge >= 0.3 is 6.36 Å². The van der Waals surface area contributed by atoms with Gasteiger partial charge in [0.2, 0.25) is 5.91 Å². The second kappa shape index (κ2) is 8.31. The third-order valence-electron chi connectivity index (χ3n) is 4.51. The highest BCUT2D eigenvalue weighted by Crippen LogP contribution is 2.34. The molecule has 158 valence electrons. The molecule has 11 heteroatoms. The van der Waals surface area contributed by atoms with Crippen LogP contribution in [-0.2, 0) is 17.6 Å². The average Bonchev–Trinajstić information content (AvgIpc) is 3.06. The quantitative estimate of drug-likeness (QED) is 0.437. The van der Waals surface area contributed by atoms with E-state index in [1.807, 2.05) is 0 Å². The number of H-pyrrole nitrogens is 1. The van der Waals surface area contributed by atoms with Gasteiger partial charge in [0, 0.05) is 10.6 Å². The molecule has 0 radical (unpaired) electrons. The number of benzene rings is 1. The molecule has 0 atom stereocenters. The molecule has 1 amide bonds. The fourth-order valence-corrected chi connectivity index (χ4v) is 5.26. The van der Waals surface area contributed by atoms with Crippen LogP contribution in [0.5, 0.6) is 5.75 Å². The zero-order valence-corrected chi connectivity index (χ0v) is 17.1. The Morgan fingerprint density at radius 1 is 1.23 bits per heavy atom. The Labute approximate surface area is 176 Å². The molecule has 0 fully saturated rings. The maximum atomic E-state index is 12.5. The summed E-state index contributed by atoms with van der Waals surface area (Å²) >= 11 is 2.62. The Bertz CT molecular complexity index is 1140. The number of alkyl halides is 3. The van der Waals surface area contributed by atoms with Crippen molar-refractivity contribution < 1.29 is 22.7 Å². The van der Waals surface area contributed by atoms with Crippen molar-refractivity contribution in [3.63, 3.8) is 0 Å². The van der Waals surface area contributed by atoms with Gasteiger partial charge in [-0.1, -0.05) is 11.8 Å². The molecular formula is C19H16F3N3O3S2. The first-order valence-corrected chi connectivity index (χ1v) is 10.9. The number of carbonyl (C=O) groups is 1. The second-order valence-electron chi connectivity index (χ2n) is 6.67. The molecule has 30 heavy (non-hydrogen) atoms. The van der Waals surface area contributed by atoms with Crippen molar-refractivity contribution in [2.24, 2.45) is 0 Å². The maximum absolute atomic E-state index is 12.5. The average molecular weight is 455 g/mol. The number of halogens is 3. The summed E-state index contributed by atoms with van der Waals surface area (Å²) in [6.07, 6.45) is -0.732. The van der Waals surface area contributed by atoms with Gasteiger partial charge in [-0.15, -0.1) is 24.5 Å². The fraction of sp³-hybridized carbons (Fsp3) is 0.316. The maximum Gasteiger partial charge on any atom is 0.573 e. The smallest absolute Gasteiger partial charge is 0.406 e. The van der Waals surface area contributed by atoms with E-state index in [1.54, 1.807) is 0 Å². The number of fused-ring (bicyclic) bond motifs is 3. The minimum Gasteiger partial charge on any atom is -0.406 e. The van der Waals surface area contributed by atoms with Gasteiger partial charge in [0.25, 0.3) is 5.56 Å². The molecule has 1 aliphatic rings. The summed E-state index contributed by atoms with van der Waals surface area (Å²) in [5, 5.41) is 3.59. The van der Waals surface area contributed by atoms with Gasteiger partial charge in [-0.3, -0.25) is 9.59 Å². The number of nitrogens with one attached hydrogen (secondary N) is 2. The van der Waals surface area contributed by atoms with E-state index in [2.05, 4.69) is 20.0 Å². The van der Waals surface area contributed by atoms with Gasteiger partial charge in [-0.05, 0) is 55.5 Å². The molecule has 0 aliphatic heterocycles. The van der Waals surface area contributed by atoms with E-state index < -0.39 is 6.36 Å². The molecule has 3 aromatic rings. The Kier molecular flexibility index (Phi) is 5.74. The minimum atomic E-state index is -4.77. The number of anilines is 1. The standard InChI is InChI=1S/C19H16F3N3O3S2/c20-19(21,22)28-11-7-5-10(6-8-11)23-14(26)9-29-18-24-16(27)15-12-3-1-2-4-13(12)30-17(15)25-18/h5-8H,1-4,9H2,(H,23,26)(H,24,25,27). The van der Waals surface area contributed by atoms with Gasteiger partial charge in [-0.2, -0.15) is 0 Å². The van der Waals surface area contributed by atoms with E-state index in [1.165, 1.54) is 28.3 Å². The molecule has 0 unspecified atom stereocenters. The lowest BCUT2D eigenvalue weighted by atomic mass is 9.97. The highest BCUT2D eigenvalue weighted by molar-refractivity contribution is 7.99. The molecule has 2 heterocycles. The topological polar surface area (TPSA) is 84.1 Å². The SMILES string of the molecule is O=C(CSc1nc2sc3c(c2c(=O)[nH]1)CCCC3)Nc1ccc(OC(F)(F)F)cc1. The van der Waals surface area contributed by atoms with Gasteiger partial charge in [0.05, 0.1) is 11.1 Å². The lowest BCUT2D eigenvalue weighted by Gasteiger charge is -2.10. The lowest BCUT2D eigenvalue weighted by Crippen LogP contribution is -2.17. The van der Waals surface area contributed by atoms with Crippen LogP contribution in [0.3, 0.4) is 0 Å². The Morgan fingerprint density at radius 3 is 2.70 bits per heavy atom. The number of ether oxygens (including phenoxy) is 1. The zero-order chi connectivity index (χ0) is 21.3. The molecule has 6 nitrogen and oxygen atoms in total. The number of hydrogen-bond donors (Lipinski definition) is 2. The molecule has 0 saturated carbocycles. The molecule has 0 bridgehead atoms. The summed E-state index contributed by atoms with van der Waals surface area (Å²) < 4.78 is 40.3. The van der Waals surface area contributed by atoms with Crippen LogP contribution in [0.1, 0.15) is 23.3 Å². The van der Waals surface area contributed by atoms with Crippen molar-refractivity contribution in [3.8, 4) is 5.75 Å². The second-order valence-corrected chi connectivity index (χ2v) is 8.72. The van der Waals surface area contributed by atoms with Crippen LogP contribution >= 0.6 is 23.1 Å². The van der Waals surface area contributed by atoms with E-state index in [4.69, 9.17) is 0 Å². The Hall–Kier alpha value is -2.53. The predicted molar refractivity (Wildman–Crippen MR) is 109 cm³/mol. The van der Waals surface area contributed by atoms with Crippen molar-refractivity contribution in [1.82, 2.24) is 9.97 Å². The van der Waals surface area contributed by atoms with E-state index in [0.717, 1.165) is 55.1 Å². The van der Waals surface area contributed by atoms with Crippen molar-refractivity contribution in [2.45, 2.75) is 37.2 Å². The number of thioether (sulfide) groups is 1. The largest absolute Gasteiger partial charge is 0.573 e. The third kappa shape index (κ3) is 4.78. The van der Waals surface area contributed by atoms with Gasteiger partial charge in [0.1, 0.15) is 10.6 Å². The van der Waals surface area contributed by atoms with E-state index in [9.17, 15) is 22.8 Å². The number of aromatic amines is 1. The number of nitrogens with zero attached hydrogens (tertiary/aromatic N) is 1. The van der Waals surface area contributed by atoms with Gasteiger partial charge in [-0.25, -0.2) is 4.98 Å². The fourth-order valence-electron chi connectivity index (χ4n) is 3.28. The summed E-state index contributed by atoms with van der Waals surface area (Å²) in [6, 6.07) is 4.85. The van der Waals surface area contributed by atoms with Crippen LogP contribution in [0.2, 0.25) is 0 Å². The third-order valence-corrected chi connectivity index (χ3v) is 6.57. The van der Waals surface area contributed by atoms with Crippen LogP contribution in [0, 0.1) is 0 Å². The van der Waals surface area contributed by atoms with Crippen LogP contribution in [0.4, 0.5) is 18.9 Å². The van der Waals surface area contributed by atoms with Crippen LogP contribution in [-0.4, -0.2) is 28.0 Å². The normalized spacial score (nSPS) is 13.8. The van der Waals surface area contributed by atoms with Crippen molar-refractivity contribution >= 4 is 44.9 Å². The highest BCUT2D eigenvalue weighted by atomic mass is 32.2. The highest BCUT2D eigenvalue weighted by Gasteiger charge is 2.31. The minimum absolute atomic E-state index is 0.0136. The summed E-state index contributed by atoms with van der Waals surface area (Å²) in [5.41, 5.74) is 1.24. The lowest BCUT2D eigenvalue weighted by molar-refractivity contribution is -0.274. The van der Waals surface area contributed by atoms with E-state index in [0.29, 0.717) is 21.1 Å². The zero-order valence-electron chi connectivity index (χ0n) is 15.5. The number of amides is 1. The van der Waals surface area contributed by atoms with Crippen LogP contribution < -0.4 is 15.6 Å². The summed E-state index contributed by atoms with van der Waals surface area (Å²) in [4.78, 5) is 33.8. The first kappa shape index (κ1) is 20.7. The molecule has 1 aliphatic carbocycles. The number of carbonyl (C=O) groups excluding carboxylic acids is 1. The predicted octanol–water partition coefficient (Wildman–Crippen LogP) is 4.49. The molecule has 2 aromatic heterocycles. The Morgan fingerprint density at radius 2 is 1.97 bits per heavy atom. The van der Waals surface area contributed by atoms with Crippen molar-refractivity contribution in [2.75, 3.05) is 11.1 Å². The van der Waals surface area contributed by atoms with E-state index in [-0.39, 0.29) is 23.0 Å². The van der Waals surface area contributed by atoms with Crippen molar-refractivity contribution in [3.05, 3.63) is 45.1 Å². The number of thiophene rings is 1. The van der Waals surface area contributed by atoms with Crippen molar-refractivity contribution in [1.29, 1.82) is 0 Å². The van der Waals surface area contributed by atoms with Crippen LogP contribution in [0.25, 0.3) is 10.2 Å². The molecular weight excluding hydrogens is 439 g/mol. The number of hydrogen-bond acceptors (Lipinski definition) is 6. The first-order valence-electron chi connectivity index (χ1n) is 9.11. The van der Waals surface area contributed by atoms with Gasteiger partial charge < -0.3 is 15.0 Å².